The van der Waals surface area contributed by atoms with Gasteiger partial charge in [-0.1, -0.05) is 15.9 Å². The summed E-state index contributed by atoms with van der Waals surface area (Å²) in [4.78, 5) is 26.5. The lowest BCUT2D eigenvalue weighted by Crippen LogP contribution is -2.28. The molecular formula is C19H19BrN2O3. The molecule has 5 nitrogen and oxygen atoms in total. The van der Waals surface area contributed by atoms with E-state index in [2.05, 4.69) is 21.2 Å². The van der Waals surface area contributed by atoms with Crippen LogP contribution in [0.1, 0.15) is 12.0 Å². The van der Waals surface area contributed by atoms with Crippen LogP contribution in [0.3, 0.4) is 0 Å². The Morgan fingerprint density at radius 2 is 1.96 bits per heavy atom. The van der Waals surface area contributed by atoms with Crippen molar-refractivity contribution in [2.45, 2.75) is 13.3 Å². The molecule has 1 N–H and O–H groups in total. The zero-order valence-electron chi connectivity index (χ0n) is 14.1. The number of benzene rings is 2. The van der Waals surface area contributed by atoms with Gasteiger partial charge in [0.15, 0.2) is 0 Å². The van der Waals surface area contributed by atoms with Gasteiger partial charge in [0.2, 0.25) is 11.8 Å². The van der Waals surface area contributed by atoms with E-state index in [1.807, 2.05) is 37.3 Å². The van der Waals surface area contributed by atoms with Gasteiger partial charge in [0.25, 0.3) is 0 Å². The van der Waals surface area contributed by atoms with Crippen LogP contribution in [-0.2, 0) is 9.59 Å². The minimum atomic E-state index is -0.362. The summed E-state index contributed by atoms with van der Waals surface area (Å²) in [6, 6.07) is 12.9. The van der Waals surface area contributed by atoms with Gasteiger partial charge >= 0.3 is 0 Å². The van der Waals surface area contributed by atoms with E-state index in [-0.39, 0.29) is 24.2 Å². The molecule has 0 saturated carbocycles. The summed E-state index contributed by atoms with van der Waals surface area (Å²) < 4.78 is 6.12. The highest BCUT2D eigenvalue weighted by molar-refractivity contribution is 9.10. The Morgan fingerprint density at radius 3 is 2.60 bits per heavy atom. The molecule has 0 radical (unpaired) electrons. The number of hydrogen-bond donors (Lipinski definition) is 1. The average Bonchev–Trinajstić information content (AvgIpc) is 3.00. The lowest BCUT2D eigenvalue weighted by atomic mass is 10.1. The second kappa shape index (κ2) is 7.27. The molecule has 0 aromatic heterocycles. The Morgan fingerprint density at radius 1 is 1.24 bits per heavy atom. The van der Waals surface area contributed by atoms with Crippen LogP contribution in [0.4, 0.5) is 11.4 Å². The first kappa shape index (κ1) is 17.5. The van der Waals surface area contributed by atoms with E-state index in [9.17, 15) is 9.59 Å². The Labute approximate surface area is 155 Å². The molecule has 0 bridgehead atoms. The van der Waals surface area contributed by atoms with Gasteiger partial charge in [-0.2, -0.15) is 0 Å². The third-order valence-electron chi connectivity index (χ3n) is 4.31. The van der Waals surface area contributed by atoms with Gasteiger partial charge in [-0.15, -0.1) is 0 Å². The van der Waals surface area contributed by atoms with Crippen molar-refractivity contribution in [3.63, 3.8) is 0 Å². The fourth-order valence-corrected chi connectivity index (χ4v) is 3.11. The summed E-state index contributed by atoms with van der Waals surface area (Å²) in [7, 11) is 1.60. The molecule has 2 aromatic carbocycles. The van der Waals surface area contributed by atoms with Gasteiger partial charge < -0.3 is 15.0 Å². The van der Waals surface area contributed by atoms with Crippen molar-refractivity contribution < 1.29 is 14.3 Å². The van der Waals surface area contributed by atoms with Crippen molar-refractivity contribution in [3.8, 4) is 5.75 Å². The molecular weight excluding hydrogens is 384 g/mol. The largest absolute Gasteiger partial charge is 0.497 e. The minimum Gasteiger partial charge on any atom is -0.497 e. The Balaban J connectivity index is 1.68. The number of methoxy groups -OCH3 is 1. The molecule has 1 aliphatic heterocycles. The summed E-state index contributed by atoms with van der Waals surface area (Å²) in [5.41, 5.74) is 2.56. The number of aryl methyl sites for hydroxylation is 1. The molecule has 6 heteroatoms. The molecule has 25 heavy (non-hydrogen) atoms. The number of nitrogens with zero attached hydrogens (tertiary/aromatic N) is 1. The van der Waals surface area contributed by atoms with E-state index in [1.54, 1.807) is 24.1 Å². The van der Waals surface area contributed by atoms with Gasteiger partial charge in [0, 0.05) is 28.8 Å². The van der Waals surface area contributed by atoms with E-state index < -0.39 is 0 Å². The van der Waals surface area contributed by atoms with E-state index in [1.165, 1.54) is 0 Å². The standard InChI is InChI=1S/C19H19BrN2O3/c1-12-9-14(3-8-17(12)20)21-19(24)13-10-18(23)22(11-13)15-4-6-16(25-2)7-5-15/h3-9,13H,10-11H2,1-2H3,(H,21,24)/t13-/m1/s1. The zero-order valence-corrected chi connectivity index (χ0v) is 15.7. The lowest BCUT2D eigenvalue weighted by Gasteiger charge is -2.17. The van der Waals surface area contributed by atoms with Crippen LogP contribution in [-0.4, -0.2) is 25.5 Å². The van der Waals surface area contributed by atoms with Crippen LogP contribution in [0.2, 0.25) is 0 Å². The van der Waals surface area contributed by atoms with Crippen LogP contribution in [0.25, 0.3) is 0 Å². The summed E-state index contributed by atoms with van der Waals surface area (Å²) in [6.45, 7) is 2.34. The van der Waals surface area contributed by atoms with Crippen LogP contribution in [0.15, 0.2) is 46.9 Å². The number of carbonyl (C=O) groups excluding carboxylic acids is 2. The molecule has 1 heterocycles. The maximum absolute atomic E-state index is 12.5. The Bertz CT molecular complexity index is 805. The van der Waals surface area contributed by atoms with Gasteiger partial charge in [-0.3, -0.25) is 9.59 Å². The van der Waals surface area contributed by atoms with Gasteiger partial charge in [0.1, 0.15) is 5.75 Å². The van der Waals surface area contributed by atoms with E-state index >= 15 is 0 Å². The van der Waals surface area contributed by atoms with Crippen molar-refractivity contribution in [1.29, 1.82) is 0 Å². The average molecular weight is 403 g/mol. The number of carbonyl (C=O) groups is 2. The maximum atomic E-state index is 12.5. The molecule has 1 saturated heterocycles. The first-order valence-electron chi connectivity index (χ1n) is 7.99. The predicted octanol–water partition coefficient (Wildman–Crippen LogP) is 3.76. The second-order valence-corrected chi connectivity index (χ2v) is 6.91. The molecule has 3 rings (SSSR count). The van der Waals surface area contributed by atoms with Crippen LogP contribution >= 0.6 is 15.9 Å². The van der Waals surface area contributed by atoms with Crippen LogP contribution < -0.4 is 15.0 Å². The SMILES string of the molecule is COc1ccc(N2C[C@H](C(=O)Nc3ccc(Br)c(C)c3)CC2=O)cc1. The fraction of sp³-hybridized carbons (Fsp3) is 0.263. The normalized spacial score (nSPS) is 16.8. The highest BCUT2D eigenvalue weighted by Crippen LogP contribution is 2.28. The maximum Gasteiger partial charge on any atom is 0.229 e. The quantitative estimate of drug-likeness (QED) is 0.846. The Hall–Kier alpha value is -2.34. The number of ether oxygens (including phenoxy) is 1. The molecule has 2 amide bonds. The number of rotatable bonds is 4. The summed E-state index contributed by atoms with van der Waals surface area (Å²) in [5.74, 6) is 0.192. The smallest absolute Gasteiger partial charge is 0.229 e. The summed E-state index contributed by atoms with van der Waals surface area (Å²) in [6.07, 6.45) is 0.216. The van der Waals surface area contributed by atoms with E-state index in [0.29, 0.717) is 6.54 Å². The van der Waals surface area contributed by atoms with Gasteiger partial charge in [0.05, 0.1) is 13.0 Å². The molecule has 2 aromatic rings. The first-order chi connectivity index (χ1) is 12.0. The number of halogens is 1. The highest BCUT2D eigenvalue weighted by atomic mass is 79.9. The molecule has 0 aliphatic carbocycles. The molecule has 130 valence electrons. The minimum absolute atomic E-state index is 0.0442. The number of anilines is 2. The lowest BCUT2D eigenvalue weighted by molar-refractivity contribution is -0.122. The molecule has 0 spiro atoms. The molecule has 1 atom stereocenters. The van der Waals surface area contributed by atoms with Crippen LogP contribution in [0, 0.1) is 12.8 Å². The highest BCUT2D eigenvalue weighted by Gasteiger charge is 2.35. The molecule has 0 unspecified atom stereocenters. The molecule has 1 fully saturated rings. The number of nitrogens with one attached hydrogen (secondary N) is 1. The first-order valence-corrected chi connectivity index (χ1v) is 8.78. The summed E-state index contributed by atoms with van der Waals surface area (Å²) >= 11 is 3.44. The monoisotopic (exact) mass is 402 g/mol. The van der Waals surface area contributed by atoms with Gasteiger partial charge in [-0.05, 0) is 55.0 Å². The van der Waals surface area contributed by atoms with Gasteiger partial charge in [-0.25, -0.2) is 0 Å². The number of hydrogen-bond acceptors (Lipinski definition) is 3. The zero-order chi connectivity index (χ0) is 18.0. The third kappa shape index (κ3) is 3.85. The number of amides is 2. The van der Waals surface area contributed by atoms with Crippen molar-refractivity contribution in [2.24, 2.45) is 5.92 Å². The van der Waals surface area contributed by atoms with Crippen molar-refractivity contribution in [2.75, 3.05) is 23.9 Å². The van der Waals surface area contributed by atoms with E-state index in [0.717, 1.165) is 27.2 Å². The van der Waals surface area contributed by atoms with Crippen molar-refractivity contribution in [1.82, 2.24) is 0 Å². The van der Waals surface area contributed by atoms with Crippen LogP contribution in [0.5, 0.6) is 5.75 Å². The second-order valence-electron chi connectivity index (χ2n) is 6.06. The van der Waals surface area contributed by atoms with Crippen molar-refractivity contribution >= 4 is 39.1 Å². The van der Waals surface area contributed by atoms with E-state index in [4.69, 9.17) is 4.74 Å². The molecule has 1 aliphatic rings. The predicted molar refractivity (Wildman–Crippen MR) is 101 cm³/mol. The fourth-order valence-electron chi connectivity index (χ4n) is 2.86. The topological polar surface area (TPSA) is 58.6 Å². The Kier molecular flexibility index (Phi) is 5.08. The third-order valence-corrected chi connectivity index (χ3v) is 5.20. The van der Waals surface area contributed by atoms with Crippen molar-refractivity contribution in [3.05, 3.63) is 52.5 Å². The summed E-state index contributed by atoms with van der Waals surface area (Å²) in [5, 5.41) is 2.90.